The smallest absolute Gasteiger partial charge is 0.241 e. The quantitative estimate of drug-likeness (QED) is 0.384. The molecule has 0 aromatic carbocycles. The van der Waals surface area contributed by atoms with Crippen molar-refractivity contribution >= 4 is 23.1 Å². The van der Waals surface area contributed by atoms with Gasteiger partial charge in [-0.3, -0.25) is 4.79 Å². The van der Waals surface area contributed by atoms with E-state index in [0.29, 0.717) is 0 Å². The second-order valence-corrected chi connectivity index (χ2v) is 1.61. The van der Waals surface area contributed by atoms with E-state index in [4.69, 9.17) is 11.5 Å². The van der Waals surface area contributed by atoms with Crippen LogP contribution in [0.3, 0.4) is 0 Å². The highest BCUT2D eigenvalue weighted by Crippen LogP contribution is 1.69. The average Bonchev–Trinajstić information content (AvgIpc) is 1.61. The molecule has 3 nitrogen and oxygen atoms in total. The molecule has 44 valence electrons. The van der Waals surface area contributed by atoms with Gasteiger partial charge in [0.2, 0.25) is 5.91 Å². The highest BCUT2D eigenvalue weighted by molar-refractivity contribution is 7.80. The summed E-state index contributed by atoms with van der Waals surface area (Å²) in [6.07, 6.45) is 2.39. The van der Waals surface area contributed by atoms with Crippen LogP contribution in [0.15, 0.2) is 12.2 Å². The first-order valence-electron chi connectivity index (χ1n) is 1.90. The molecule has 0 aromatic heterocycles. The van der Waals surface area contributed by atoms with Gasteiger partial charge < -0.3 is 11.5 Å². The molecule has 0 aliphatic heterocycles. The molecular formula is C4H6N2OS. The van der Waals surface area contributed by atoms with E-state index in [-0.39, 0.29) is 4.99 Å². The van der Waals surface area contributed by atoms with Gasteiger partial charge in [-0.25, -0.2) is 0 Å². The van der Waals surface area contributed by atoms with E-state index < -0.39 is 5.91 Å². The van der Waals surface area contributed by atoms with Crippen molar-refractivity contribution in [1.29, 1.82) is 0 Å². The van der Waals surface area contributed by atoms with Crippen LogP contribution in [-0.4, -0.2) is 10.9 Å². The molecule has 4 N–H and O–H groups in total. The predicted molar refractivity (Wildman–Crippen MR) is 35.1 cm³/mol. The fraction of sp³-hybridized carbons (Fsp3) is 0. The third-order valence-electron chi connectivity index (χ3n) is 0.412. The molecule has 0 unspecified atom stereocenters. The number of nitrogens with two attached hydrogens (primary N) is 2. The molecule has 0 saturated carbocycles. The van der Waals surface area contributed by atoms with Crippen molar-refractivity contribution in [1.82, 2.24) is 0 Å². The zero-order chi connectivity index (χ0) is 6.57. The van der Waals surface area contributed by atoms with Crippen LogP contribution in [0.1, 0.15) is 0 Å². The number of amides is 1. The van der Waals surface area contributed by atoms with Crippen molar-refractivity contribution in [3.05, 3.63) is 12.2 Å². The summed E-state index contributed by atoms with van der Waals surface area (Å²) in [5.41, 5.74) is 9.68. The van der Waals surface area contributed by atoms with Gasteiger partial charge in [0.1, 0.15) is 0 Å². The molecule has 0 spiro atoms. The summed E-state index contributed by atoms with van der Waals surface area (Å²) in [4.78, 5) is 10.1. The summed E-state index contributed by atoms with van der Waals surface area (Å²) in [7, 11) is 0. The first-order valence-corrected chi connectivity index (χ1v) is 2.30. The maximum Gasteiger partial charge on any atom is 0.241 e. The molecule has 0 aromatic rings. The van der Waals surface area contributed by atoms with E-state index in [1.165, 1.54) is 6.08 Å². The molecule has 1 amide bonds. The summed E-state index contributed by atoms with van der Waals surface area (Å²) in [6, 6.07) is 0. The lowest BCUT2D eigenvalue weighted by Gasteiger charge is -1.79. The minimum absolute atomic E-state index is 0.156. The molecule has 0 fully saturated rings. The first kappa shape index (κ1) is 7.10. The van der Waals surface area contributed by atoms with E-state index in [1.54, 1.807) is 0 Å². The monoisotopic (exact) mass is 130 g/mol. The van der Waals surface area contributed by atoms with E-state index in [0.717, 1.165) is 6.08 Å². The van der Waals surface area contributed by atoms with Crippen LogP contribution in [0.2, 0.25) is 0 Å². The molecule has 4 heteroatoms. The SMILES string of the molecule is NC(=O)/C=C\C(N)=S. The molecule has 0 heterocycles. The van der Waals surface area contributed by atoms with Crippen LogP contribution in [0.4, 0.5) is 0 Å². The molecule has 0 bridgehead atoms. The second-order valence-electron chi connectivity index (χ2n) is 1.14. The molecule has 0 rings (SSSR count). The molecular weight excluding hydrogens is 124 g/mol. The number of hydrogen-bond acceptors (Lipinski definition) is 2. The lowest BCUT2D eigenvalue weighted by molar-refractivity contribution is -0.113. The van der Waals surface area contributed by atoms with Gasteiger partial charge >= 0.3 is 0 Å². The van der Waals surface area contributed by atoms with Gasteiger partial charge in [-0.05, 0) is 6.08 Å². The third kappa shape index (κ3) is 5.10. The number of rotatable bonds is 2. The highest BCUT2D eigenvalue weighted by Gasteiger charge is 1.80. The average molecular weight is 130 g/mol. The number of primary amides is 1. The molecule has 0 radical (unpaired) electrons. The van der Waals surface area contributed by atoms with Crippen molar-refractivity contribution in [2.24, 2.45) is 11.5 Å². The minimum Gasteiger partial charge on any atom is -0.390 e. The maximum absolute atomic E-state index is 9.92. The van der Waals surface area contributed by atoms with E-state index in [1.807, 2.05) is 0 Å². The van der Waals surface area contributed by atoms with Crippen LogP contribution in [0.5, 0.6) is 0 Å². The second kappa shape index (κ2) is 3.15. The Hall–Kier alpha value is -0.900. The summed E-state index contributed by atoms with van der Waals surface area (Å²) >= 11 is 4.40. The zero-order valence-electron chi connectivity index (χ0n) is 4.13. The molecule has 0 atom stereocenters. The van der Waals surface area contributed by atoms with Crippen molar-refractivity contribution in [3.63, 3.8) is 0 Å². The van der Waals surface area contributed by atoms with E-state index in [9.17, 15) is 4.79 Å². The van der Waals surface area contributed by atoms with E-state index >= 15 is 0 Å². The van der Waals surface area contributed by atoms with Gasteiger partial charge in [0.25, 0.3) is 0 Å². The largest absolute Gasteiger partial charge is 0.390 e. The summed E-state index contributed by atoms with van der Waals surface area (Å²) in [5, 5.41) is 0. The Morgan fingerprint density at radius 3 is 2.00 bits per heavy atom. The molecule has 0 aliphatic carbocycles. The molecule has 8 heavy (non-hydrogen) atoms. The fourth-order valence-corrected chi connectivity index (χ4v) is 0.232. The Morgan fingerprint density at radius 1 is 1.38 bits per heavy atom. The molecule has 0 saturated heterocycles. The van der Waals surface area contributed by atoms with Crippen LogP contribution in [-0.2, 0) is 4.79 Å². The van der Waals surface area contributed by atoms with Crippen LogP contribution in [0, 0.1) is 0 Å². The summed E-state index contributed by atoms with van der Waals surface area (Å²) in [5.74, 6) is -0.544. The van der Waals surface area contributed by atoms with Gasteiger partial charge in [-0.1, -0.05) is 12.2 Å². The number of hydrogen-bond donors (Lipinski definition) is 2. The Morgan fingerprint density at radius 2 is 1.88 bits per heavy atom. The third-order valence-corrected chi connectivity index (χ3v) is 0.548. The Bertz CT molecular complexity index is 125. The van der Waals surface area contributed by atoms with E-state index in [2.05, 4.69) is 12.2 Å². The van der Waals surface area contributed by atoms with Crippen molar-refractivity contribution in [2.75, 3.05) is 0 Å². The van der Waals surface area contributed by atoms with Gasteiger partial charge in [0.05, 0.1) is 4.99 Å². The number of carbonyl (C=O) groups is 1. The van der Waals surface area contributed by atoms with Gasteiger partial charge in [0, 0.05) is 6.08 Å². The lowest BCUT2D eigenvalue weighted by Crippen LogP contribution is -2.09. The molecule has 0 aliphatic rings. The van der Waals surface area contributed by atoms with Crippen LogP contribution >= 0.6 is 12.2 Å². The summed E-state index contributed by atoms with van der Waals surface area (Å²) < 4.78 is 0. The normalized spacial score (nSPS) is 9.50. The first-order chi connectivity index (χ1) is 3.63. The number of carbonyl (C=O) groups excluding carboxylic acids is 1. The van der Waals surface area contributed by atoms with Gasteiger partial charge in [-0.15, -0.1) is 0 Å². The maximum atomic E-state index is 9.92. The van der Waals surface area contributed by atoms with Crippen LogP contribution < -0.4 is 11.5 Å². The predicted octanol–water partition coefficient (Wildman–Crippen LogP) is -0.686. The Labute approximate surface area is 52.3 Å². The fourth-order valence-electron chi connectivity index (χ4n) is 0.164. The summed E-state index contributed by atoms with van der Waals surface area (Å²) in [6.45, 7) is 0. The highest BCUT2D eigenvalue weighted by atomic mass is 32.1. The Kier molecular flexibility index (Phi) is 2.79. The minimum atomic E-state index is -0.544. The topological polar surface area (TPSA) is 69.1 Å². The number of thiocarbonyl (C=S) groups is 1. The van der Waals surface area contributed by atoms with Crippen molar-refractivity contribution < 1.29 is 4.79 Å². The van der Waals surface area contributed by atoms with Crippen LogP contribution in [0.25, 0.3) is 0 Å². The van der Waals surface area contributed by atoms with Gasteiger partial charge in [0.15, 0.2) is 0 Å². The van der Waals surface area contributed by atoms with Crippen molar-refractivity contribution in [3.8, 4) is 0 Å². The zero-order valence-corrected chi connectivity index (χ0v) is 4.94. The lowest BCUT2D eigenvalue weighted by atomic mass is 10.5. The van der Waals surface area contributed by atoms with Gasteiger partial charge in [-0.2, -0.15) is 0 Å². The standard InChI is InChI=1S/C4H6N2OS/c5-3(7)1-2-4(6)8/h1-2H,(H2,5,7)(H2,6,8)/b2-1-. The van der Waals surface area contributed by atoms with Crippen molar-refractivity contribution in [2.45, 2.75) is 0 Å². The Balaban J connectivity index is 3.67.